The van der Waals surface area contributed by atoms with Crippen LogP contribution in [0.5, 0.6) is 0 Å². The van der Waals surface area contributed by atoms with Crippen molar-refractivity contribution < 1.29 is 32.6 Å². The van der Waals surface area contributed by atoms with Gasteiger partial charge < -0.3 is 40.7 Å². The van der Waals surface area contributed by atoms with Gasteiger partial charge in [-0.05, 0) is 72.5 Å². The third-order valence-electron chi connectivity index (χ3n) is 9.06. The Bertz CT molecular complexity index is 2040. The minimum atomic E-state index is -3.16. The number of benzene rings is 3. The Morgan fingerprint density at radius 1 is 0.962 bits per heavy atom. The van der Waals surface area contributed by atoms with E-state index < -0.39 is 37.1 Å². The van der Waals surface area contributed by atoms with E-state index in [4.69, 9.17) is 15.5 Å². The largest absolute Gasteiger partial charge is 0.453 e. The highest BCUT2D eigenvalue weighted by Gasteiger charge is 2.29. The number of carbonyl (C=O) groups excluding carboxylic acids is 3. The molecular formula is C37H46F2N8O5. The third-order valence-corrected chi connectivity index (χ3v) is 9.06. The summed E-state index contributed by atoms with van der Waals surface area (Å²) in [5, 5.41) is 7.22. The van der Waals surface area contributed by atoms with Crippen LogP contribution in [-0.4, -0.2) is 88.7 Å². The van der Waals surface area contributed by atoms with E-state index in [-0.39, 0.29) is 24.4 Å². The number of imidazole rings is 2. The van der Waals surface area contributed by atoms with E-state index in [9.17, 15) is 23.2 Å². The predicted octanol–water partition coefficient (Wildman–Crippen LogP) is 6.19. The van der Waals surface area contributed by atoms with Crippen LogP contribution in [0.2, 0.25) is 0 Å². The molecule has 278 valence electrons. The molecule has 0 spiro atoms. The average Bonchev–Trinajstić information content (AvgIpc) is 3.74. The van der Waals surface area contributed by atoms with Gasteiger partial charge in [0.05, 0.1) is 49.4 Å². The first-order valence-electron chi connectivity index (χ1n) is 17.2. The normalized spacial score (nSPS) is 13.0. The van der Waals surface area contributed by atoms with Crippen molar-refractivity contribution >= 4 is 50.9 Å². The number of rotatable bonds is 15. The molecule has 0 saturated carbocycles. The number of ether oxygens (including phenoxy) is 2. The summed E-state index contributed by atoms with van der Waals surface area (Å²) in [6, 6.07) is 15.8. The summed E-state index contributed by atoms with van der Waals surface area (Å²) in [6.07, 6.45) is 1.01. The number of halogens is 2. The van der Waals surface area contributed by atoms with Crippen molar-refractivity contribution in [1.29, 1.82) is 0 Å². The lowest BCUT2D eigenvalue weighted by atomic mass is 9.89. The molecule has 0 bridgehead atoms. The average molecular weight is 721 g/mol. The molecule has 2 atom stereocenters. The molecule has 0 aliphatic heterocycles. The number of hydrogen-bond donors (Lipinski definition) is 5. The van der Waals surface area contributed by atoms with Crippen molar-refractivity contribution in [3.8, 4) is 11.1 Å². The van der Waals surface area contributed by atoms with Gasteiger partial charge in [0.15, 0.2) is 0 Å². The minimum Gasteiger partial charge on any atom is -0.453 e. The third kappa shape index (κ3) is 9.32. The Balaban J connectivity index is 1.39. The molecule has 15 heteroatoms. The lowest BCUT2D eigenvalue weighted by Gasteiger charge is -2.26. The van der Waals surface area contributed by atoms with Crippen molar-refractivity contribution in [3.63, 3.8) is 0 Å². The van der Waals surface area contributed by atoms with Crippen LogP contribution in [0.4, 0.5) is 18.4 Å². The van der Waals surface area contributed by atoms with Crippen molar-refractivity contribution in [3.05, 3.63) is 60.2 Å². The molecule has 0 saturated heterocycles. The quantitative estimate of drug-likeness (QED) is 0.0849. The number of amides is 3. The summed E-state index contributed by atoms with van der Waals surface area (Å²) in [5.74, 6) is -2.47. The summed E-state index contributed by atoms with van der Waals surface area (Å²) in [4.78, 5) is 53.4. The minimum absolute atomic E-state index is 0.0426. The Kier molecular flexibility index (Phi) is 11.9. The number of aromatic amines is 2. The number of carbonyl (C=O) groups is 3. The van der Waals surface area contributed by atoms with Gasteiger partial charge in [-0.15, -0.1) is 0 Å². The standard InChI is InChI=1S/C37H46F2N8O5/c1-21(2)29(45-36(50)52-5)17-25(7-6-14-40)34-44-28-13-10-24-15-22(8-11-26(24)33(28)46-34)23-9-12-27-30(16-23)43-31(42-27)19-47(20-37(3,38)39)32(48)18-41-35(49)51-4/h8-13,15-16,21,25,29H,6-7,14,17-20,40H2,1-5H3,(H,41,49)(H,42,43)(H,44,46)(H,45,50)/t25?,29-/m1/s1. The van der Waals surface area contributed by atoms with Gasteiger partial charge >= 0.3 is 12.2 Å². The molecule has 3 aromatic carbocycles. The molecule has 6 N–H and O–H groups in total. The Morgan fingerprint density at radius 2 is 1.67 bits per heavy atom. The highest BCUT2D eigenvalue weighted by Crippen LogP contribution is 2.33. The number of fused-ring (bicyclic) bond motifs is 4. The smallest absolute Gasteiger partial charge is 0.407 e. The van der Waals surface area contributed by atoms with E-state index in [2.05, 4.69) is 56.3 Å². The van der Waals surface area contributed by atoms with E-state index >= 15 is 0 Å². The first-order valence-corrected chi connectivity index (χ1v) is 17.2. The van der Waals surface area contributed by atoms with E-state index in [0.717, 1.165) is 70.5 Å². The monoisotopic (exact) mass is 720 g/mol. The van der Waals surface area contributed by atoms with Crippen molar-refractivity contribution in [2.24, 2.45) is 11.7 Å². The highest BCUT2D eigenvalue weighted by atomic mass is 19.3. The second-order valence-electron chi connectivity index (χ2n) is 13.4. The fraction of sp³-hybridized carbons (Fsp3) is 0.432. The number of nitrogens with zero attached hydrogens (tertiary/aromatic N) is 3. The van der Waals surface area contributed by atoms with Gasteiger partial charge in [0.25, 0.3) is 5.92 Å². The van der Waals surface area contributed by atoms with Gasteiger partial charge in [0.2, 0.25) is 5.91 Å². The van der Waals surface area contributed by atoms with Crippen LogP contribution < -0.4 is 16.4 Å². The zero-order valence-electron chi connectivity index (χ0n) is 30.0. The first-order chi connectivity index (χ1) is 24.8. The maximum atomic E-state index is 14.0. The van der Waals surface area contributed by atoms with Crippen LogP contribution in [0.3, 0.4) is 0 Å². The molecule has 2 aromatic heterocycles. The summed E-state index contributed by atoms with van der Waals surface area (Å²) in [6.45, 7) is 3.85. The number of methoxy groups -OCH3 is 2. The molecule has 13 nitrogen and oxygen atoms in total. The number of hydrogen-bond acceptors (Lipinski definition) is 8. The fourth-order valence-corrected chi connectivity index (χ4v) is 6.34. The number of aromatic nitrogens is 4. The topological polar surface area (TPSA) is 180 Å². The van der Waals surface area contributed by atoms with Crippen LogP contribution in [0.15, 0.2) is 48.5 Å². The van der Waals surface area contributed by atoms with Gasteiger partial charge in [-0.25, -0.2) is 28.3 Å². The maximum Gasteiger partial charge on any atom is 0.407 e. The lowest BCUT2D eigenvalue weighted by molar-refractivity contribution is -0.135. The summed E-state index contributed by atoms with van der Waals surface area (Å²) < 4.78 is 37.3. The Morgan fingerprint density at radius 3 is 2.37 bits per heavy atom. The van der Waals surface area contributed by atoms with Gasteiger partial charge in [-0.2, -0.15) is 0 Å². The van der Waals surface area contributed by atoms with Crippen molar-refractivity contribution in [2.75, 3.05) is 33.9 Å². The van der Waals surface area contributed by atoms with E-state index in [1.165, 1.54) is 7.11 Å². The van der Waals surface area contributed by atoms with Crippen LogP contribution in [0.1, 0.15) is 57.6 Å². The van der Waals surface area contributed by atoms with E-state index in [0.29, 0.717) is 29.8 Å². The highest BCUT2D eigenvalue weighted by molar-refractivity contribution is 6.05. The van der Waals surface area contributed by atoms with Crippen LogP contribution in [-0.2, 0) is 20.8 Å². The number of nitrogens with two attached hydrogens (primary N) is 1. The van der Waals surface area contributed by atoms with Gasteiger partial charge in [-0.3, -0.25) is 4.79 Å². The van der Waals surface area contributed by atoms with Crippen molar-refractivity contribution in [1.82, 2.24) is 35.5 Å². The number of H-pyrrole nitrogens is 2. The Labute approximate surface area is 300 Å². The predicted molar refractivity (Wildman–Crippen MR) is 195 cm³/mol. The molecule has 52 heavy (non-hydrogen) atoms. The second kappa shape index (κ2) is 16.4. The molecular weight excluding hydrogens is 674 g/mol. The van der Waals surface area contributed by atoms with Gasteiger partial charge in [0, 0.05) is 24.3 Å². The molecule has 0 radical (unpaired) electrons. The first kappa shape index (κ1) is 37.9. The molecule has 5 rings (SSSR count). The molecule has 3 amide bonds. The molecule has 5 aromatic rings. The van der Waals surface area contributed by atoms with Gasteiger partial charge in [-0.1, -0.05) is 38.1 Å². The van der Waals surface area contributed by atoms with Crippen LogP contribution in [0.25, 0.3) is 44.0 Å². The molecule has 0 aliphatic carbocycles. The molecule has 0 aliphatic rings. The van der Waals surface area contributed by atoms with Crippen molar-refractivity contribution in [2.45, 2.75) is 64.5 Å². The van der Waals surface area contributed by atoms with Crippen LogP contribution in [0, 0.1) is 5.92 Å². The summed E-state index contributed by atoms with van der Waals surface area (Å²) >= 11 is 0. The molecule has 0 fully saturated rings. The summed E-state index contributed by atoms with van der Waals surface area (Å²) in [7, 11) is 2.50. The van der Waals surface area contributed by atoms with Crippen LogP contribution >= 0.6 is 0 Å². The van der Waals surface area contributed by atoms with Gasteiger partial charge in [0.1, 0.15) is 18.2 Å². The fourth-order valence-electron chi connectivity index (χ4n) is 6.34. The Hall–Kier alpha value is -5.31. The molecule has 2 heterocycles. The lowest BCUT2D eigenvalue weighted by Crippen LogP contribution is -2.44. The second-order valence-corrected chi connectivity index (χ2v) is 13.4. The summed E-state index contributed by atoms with van der Waals surface area (Å²) in [5.41, 5.74) is 10.8. The number of alkyl carbamates (subject to hydrolysis) is 2. The van der Waals surface area contributed by atoms with E-state index in [1.807, 2.05) is 36.4 Å². The zero-order valence-corrected chi connectivity index (χ0v) is 30.0. The number of alkyl halides is 2. The SMILES string of the molecule is COC(=O)NCC(=O)N(Cc1nc2ccc(-c3ccc4c(ccc5nc(C(CCCN)C[C@@H](NC(=O)OC)C(C)C)[nH]c54)c3)cc2[nH]1)CC(C)(F)F. The zero-order chi connectivity index (χ0) is 37.6. The maximum absolute atomic E-state index is 14.0. The molecule has 1 unspecified atom stereocenters. The van der Waals surface area contributed by atoms with E-state index in [1.54, 1.807) is 0 Å². The number of nitrogens with one attached hydrogen (secondary N) is 4.